The molecule has 0 unspecified atom stereocenters. The minimum absolute atomic E-state index is 0.0591. The fourth-order valence-electron chi connectivity index (χ4n) is 3.00. The Morgan fingerprint density at radius 3 is 2.84 bits per heavy atom. The Bertz CT molecular complexity index is 727. The van der Waals surface area contributed by atoms with Crippen LogP contribution in [0.2, 0.25) is 0 Å². The van der Waals surface area contributed by atoms with Crippen molar-refractivity contribution in [2.24, 2.45) is 0 Å². The lowest BCUT2D eigenvalue weighted by molar-refractivity contribution is 0.101. The monoisotopic (exact) mass is 377 g/mol. The van der Waals surface area contributed by atoms with Gasteiger partial charge in [-0.1, -0.05) is 42.4 Å². The lowest BCUT2D eigenvalue weighted by Crippen LogP contribution is -2.21. The Hall–Kier alpha value is -1.60. The Balaban J connectivity index is 1.61. The number of anilines is 1. The Morgan fingerprint density at radius 2 is 2.12 bits per heavy atom. The predicted octanol–water partition coefficient (Wildman–Crippen LogP) is 4.79. The molecule has 134 valence electrons. The zero-order chi connectivity index (χ0) is 17.6. The first-order valence-corrected chi connectivity index (χ1v) is 10.4. The molecule has 25 heavy (non-hydrogen) atoms. The zero-order valence-corrected chi connectivity index (χ0v) is 16.2. The molecule has 0 saturated heterocycles. The van der Waals surface area contributed by atoms with Crippen LogP contribution in [-0.4, -0.2) is 29.1 Å². The van der Waals surface area contributed by atoms with Gasteiger partial charge in [0.15, 0.2) is 10.1 Å². The zero-order valence-electron chi connectivity index (χ0n) is 14.6. The first-order valence-electron chi connectivity index (χ1n) is 8.56. The van der Waals surface area contributed by atoms with Crippen LogP contribution < -0.4 is 10.1 Å². The number of methoxy groups -OCH3 is 1. The van der Waals surface area contributed by atoms with Gasteiger partial charge >= 0.3 is 0 Å². The van der Waals surface area contributed by atoms with Crippen molar-refractivity contribution in [3.8, 4) is 5.75 Å². The highest BCUT2D eigenvalue weighted by Crippen LogP contribution is 2.33. The normalized spacial score (nSPS) is 15.1. The van der Waals surface area contributed by atoms with Gasteiger partial charge in [0.1, 0.15) is 5.75 Å². The number of Topliss-reactive ketones (excluding diaryl/α,β-unsaturated/α-hetero) is 1. The Labute approximate surface area is 156 Å². The molecular weight excluding hydrogens is 354 g/mol. The number of nitrogens with zero attached hydrogens (tertiary/aromatic N) is 2. The van der Waals surface area contributed by atoms with E-state index in [2.05, 4.69) is 15.5 Å². The standard InChI is InChI=1S/C18H23N3O2S2/c1-12(22)13-8-9-16(23-2)14(10-13)11-24-18-21-20-17(25-18)19-15-6-4-3-5-7-15/h8-10,15H,3-7,11H2,1-2H3,(H,19,20). The van der Waals surface area contributed by atoms with Crippen LogP contribution in [0, 0.1) is 0 Å². The number of ketones is 1. The van der Waals surface area contributed by atoms with Gasteiger partial charge in [-0.3, -0.25) is 4.79 Å². The highest BCUT2D eigenvalue weighted by atomic mass is 32.2. The molecule has 1 aliphatic rings. The summed E-state index contributed by atoms with van der Waals surface area (Å²) in [6.07, 6.45) is 6.37. The van der Waals surface area contributed by atoms with Crippen LogP contribution in [0.3, 0.4) is 0 Å². The fourth-order valence-corrected chi connectivity index (χ4v) is 4.80. The lowest BCUT2D eigenvalue weighted by atomic mass is 9.96. The number of nitrogens with one attached hydrogen (secondary N) is 1. The van der Waals surface area contributed by atoms with E-state index in [1.54, 1.807) is 43.2 Å². The van der Waals surface area contributed by atoms with Crippen molar-refractivity contribution in [1.82, 2.24) is 10.2 Å². The molecule has 0 spiro atoms. The van der Waals surface area contributed by atoms with Gasteiger partial charge in [-0.15, -0.1) is 10.2 Å². The number of rotatable bonds is 7. The van der Waals surface area contributed by atoms with Crippen LogP contribution in [0.15, 0.2) is 22.5 Å². The quantitative estimate of drug-likeness (QED) is 0.553. The minimum atomic E-state index is 0.0591. The van der Waals surface area contributed by atoms with Gasteiger partial charge in [0.05, 0.1) is 7.11 Å². The van der Waals surface area contributed by atoms with Crippen LogP contribution in [0.25, 0.3) is 0 Å². The third-order valence-electron chi connectivity index (χ3n) is 4.38. The molecule has 1 heterocycles. The summed E-state index contributed by atoms with van der Waals surface area (Å²) in [5, 5.41) is 12.9. The second-order valence-electron chi connectivity index (χ2n) is 6.22. The van der Waals surface area contributed by atoms with Crippen molar-refractivity contribution in [3.63, 3.8) is 0 Å². The molecule has 3 rings (SSSR count). The lowest BCUT2D eigenvalue weighted by Gasteiger charge is -2.21. The van der Waals surface area contributed by atoms with Crippen molar-refractivity contribution in [1.29, 1.82) is 0 Å². The average Bonchev–Trinajstić information content (AvgIpc) is 3.07. The maximum absolute atomic E-state index is 11.6. The number of carbonyl (C=O) groups is 1. The van der Waals surface area contributed by atoms with E-state index in [-0.39, 0.29) is 5.78 Å². The molecule has 0 aliphatic heterocycles. The number of carbonyl (C=O) groups excluding carboxylic acids is 1. The predicted molar refractivity (Wildman–Crippen MR) is 103 cm³/mol. The van der Waals surface area contributed by atoms with Crippen molar-refractivity contribution in [3.05, 3.63) is 29.3 Å². The van der Waals surface area contributed by atoms with E-state index in [4.69, 9.17) is 4.74 Å². The molecule has 1 N–H and O–H groups in total. The first kappa shape index (κ1) is 18.2. The van der Waals surface area contributed by atoms with Gasteiger partial charge in [-0.2, -0.15) is 0 Å². The van der Waals surface area contributed by atoms with Gasteiger partial charge in [0, 0.05) is 22.9 Å². The highest BCUT2D eigenvalue weighted by Gasteiger charge is 2.15. The number of hydrogen-bond acceptors (Lipinski definition) is 7. The molecule has 0 radical (unpaired) electrons. The van der Waals surface area contributed by atoms with Crippen molar-refractivity contribution in [2.45, 2.75) is 55.2 Å². The summed E-state index contributed by atoms with van der Waals surface area (Å²) >= 11 is 3.21. The van der Waals surface area contributed by atoms with Gasteiger partial charge in [-0.25, -0.2) is 0 Å². The summed E-state index contributed by atoms with van der Waals surface area (Å²) in [6.45, 7) is 1.58. The van der Waals surface area contributed by atoms with E-state index in [1.165, 1.54) is 32.1 Å². The third kappa shape index (κ3) is 4.95. The number of hydrogen-bond donors (Lipinski definition) is 1. The second-order valence-corrected chi connectivity index (χ2v) is 8.42. The molecule has 5 nitrogen and oxygen atoms in total. The molecule has 1 aliphatic carbocycles. The first-order chi connectivity index (χ1) is 12.2. The van der Waals surface area contributed by atoms with Crippen LogP contribution in [0.4, 0.5) is 5.13 Å². The average molecular weight is 378 g/mol. The second kappa shape index (κ2) is 8.67. The molecule has 0 amide bonds. The van der Waals surface area contributed by atoms with E-state index < -0.39 is 0 Å². The maximum Gasteiger partial charge on any atom is 0.206 e. The smallest absolute Gasteiger partial charge is 0.206 e. The largest absolute Gasteiger partial charge is 0.496 e. The molecule has 1 fully saturated rings. The molecule has 0 atom stereocenters. The molecule has 1 aromatic heterocycles. The van der Waals surface area contributed by atoms with E-state index >= 15 is 0 Å². The highest BCUT2D eigenvalue weighted by molar-refractivity contribution is 8.00. The molecular formula is C18H23N3O2S2. The number of benzene rings is 1. The molecule has 0 bridgehead atoms. The fraction of sp³-hybridized carbons (Fsp3) is 0.500. The summed E-state index contributed by atoms with van der Waals surface area (Å²) in [5.74, 6) is 1.55. The van der Waals surface area contributed by atoms with Crippen LogP contribution in [0.5, 0.6) is 5.75 Å². The molecule has 7 heteroatoms. The summed E-state index contributed by atoms with van der Waals surface area (Å²) in [5.41, 5.74) is 1.70. The Morgan fingerprint density at radius 1 is 1.32 bits per heavy atom. The van der Waals surface area contributed by atoms with E-state index in [1.807, 2.05) is 12.1 Å². The summed E-state index contributed by atoms with van der Waals surface area (Å²) in [6, 6.07) is 6.08. The van der Waals surface area contributed by atoms with Crippen LogP contribution in [0.1, 0.15) is 54.9 Å². The van der Waals surface area contributed by atoms with E-state index in [0.717, 1.165) is 20.8 Å². The number of thioether (sulfide) groups is 1. The SMILES string of the molecule is COc1ccc(C(C)=O)cc1CSc1nnc(NC2CCCCC2)s1. The Kier molecular flexibility index (Phi) is 6.31. The number of ether oxygens (including phenoxy) is 1. The van der Waals surface area contributed by atoms with E-state index in [9.17, 15) is 4.79 Å². The van der Waals surface area contributed by atoms with Gasteiger partial charge in [-0.05, 0) is 38.0 Å². The van der Waals surface area contributed by atoms with Crippen LogP contribution in [-0.2, 0) is 5.75 Å². The van der Waals surface area contributed by atoms with Gasteiger partial charge in [0.2, 0.25) is 5.13 Å². The van der Waals surface area contributed by atoms with Crippen molar-refractivity contribution < 1.29 is 9.53 Å². The third-order valence-corrected chi connectivity index (χ3v) is 6.41. The topological polar surface area (TPSA) is 64.1 Å². The molecule has 1 aromatic carbocycles. The van der Waals surface area contributed by atoms with E-state index in [0.29, 0.717) is 17.4 Å². The maximum atomic E-state index is 11.6. The number of aromatic nitrogens is 2. The molecule has 2 aromatic rings. The van der Waals surface area contributed by atoms with Gasteiger partial charge in [0.25, 0.3) is 0 Å². The summed E-state index contributed by atoms with van der Waals surface area (Å²) in [7, 11) is 1.65. The van der Waals surface area contributed by atoms with Crippen molar-refractivity contribution in [2.75, 3.05) is 12.4 Å². The summed E-state index contributed by atoms with van der Waals surface area (Å²) < 4.78 is 6.33. The molecule has 1 saturated carbocycles. The van der Waals surface area contributed by atoms with Crippen LogP contribution >= 0.6 is 23.1 Å². The minimum Gasteiger partial charge on any atom is -0.496 e. The van der Waals surface area contributed by atoms with Crippen molar-refractivity contribution >= 4 is 34.0 Å². The summed E-state index contributed by atoms with van der Waals surface area (Å²) in [4.78, 5) is 11.6. The van der Waals surface area contributed by atoms with Gasteiger partial charge < -0.3 is 10.1 Å².